The van der Waals surface area contributed by atoms with Crippen molar-refractivity contribution >= 4 is 23.3 Å². The largest absolute Gasteiger partial charge is 0.459 e. The molecule has 0 bridgehead atoms. The van der Waals surface area contributed by atoms with Crippen LogP contribution in [0.25, 0.3) is 0 Å². The average molecular weight is 571 g/mol. The number of rotatable bonds is 21. The van der Waals surface area contributed by atoms with Crippen LogP contribution < -0.4 is 4.74 Å². The molecule has 10 heteroatoms. The molecule has 0 aliphatic rings. The Bertz CT molecular complexity index is 1090. The van der Waals surface area contributed by atoms with Gasteiger partial charge in [0.2, 0.25) is 0 Å². The summed E-state index contributed by atoms with van der Waals surface area (Å²) in [5.74, 6) is -0.459. The highest BCUT2D eigenvalue weighted by molar-refractivity contribution is 5.89. The summed E-state index contributed by atoms with van der Waals surface area (Å²) in [7, 11) is 0. The quantitative estimate of drug-likeness (QED) is 0.0478. The lowest BCUT2D eigenvalue weighted by Gasteiger charge is -2.18. The summed E-state index contributed by atoms with van der Waals surface area (Å²) >= 11 is 0. The van der Waals surface area contributed by atoms with Crippen molar-refractivity contribution in [3.63, 3.8) is 0 Å². The zero-order chi connectivity index (χ0) is 29.9. The van der Waals surface area contributed by atoms with Gasteiger partial charge in [0.15, 0.2) is 0 Å². The van der Waals surface area contributed by atoms with Crippen LogP contribution in [-0.4, -0.2) is 27.9 Å². The Kier molecular flexibility index (Phi) is 15.7. The number of esters is 2. The zero-order valence-electron chi connectivity index (χ0n) is 24.0. The fourth-order valence-corrected chi connectivity index (χ4v) is 4.52. The van der Waals surface area contributed by atoms with Crippen molar-refractivity contribution in [3.05, 3.63) is 74.3 Å². The zero-order valence-corrected chi connectivity index (χ0v) is 24.0. The predicted octanol–water partition coefficient (Wildman–Crippen LogP) is 8.51. The summed E-state index contributed by atoms with van der Waals surface area (Å²) in [5.41, 5.74) is 0.226. The molecule has 0 aliphatic heterocycles. The lowest BCUT2D eigenvalue weighted by Crippen LogP contribution is -2.18. The first kappa shape index (κ1) is 33.4. The number of ether oxygens (including phenoxy) is 2. The third kappa shape index (κ3) is 13.9. The molecule has 224 valence electrons. The molecule has 0 aliphatic carbocycles. The number of nitro groups is 2. The highest BCUT2D eigenvalue weighted by Crippen LogP contribution is 2.20. The van der Waals surface area contributed by atoms with Gasteiger partial charge in [-0.05, 0) is 56.4 Å². The van der Waals surface area contributed by atoms with Crippen LogP contribution in [0.4, 0.5) is 11.4 Å². The van der Waals surface area contributed by atoms with E-state index < -0.39 is 15.8 Å². The highest BCUT2D eigenvalue weighted by atomic mass is 16.6. The maximum absolute atomic E-state index is 12.6. The normalized spacial score (nSPS) is 11.5. The highest BCUT2D eigenvalue weighted by Gasteiger charge is 2.17. The molecule has 0 saturated heterocycles. The van der Waals surface area contributed by atoms with E-state index in [1.807, 2.05) is 0 Å². The lowest BCUT2D eigenvalue weighted by molar-refractivity contribution is -0.385. The van der Waals surface area contributed by atoms with Crippen molar-refractivity contribution in [3.8, 4) is 5.75 Å². The molecule has 0 spiro atoms. The number of benzene rings is 2. The van der Waals surface area contributed by atoms with Gasteiger partial charge in [0.05, 0.1) is 15.4 Å². The number of non-ortho nitro benzene ring substituents is 2. The first-order valence-electron chi connectivity index (χ1n) is 14.7. The van der Waals surface area contributed by atoms with Crippen LogP contribution in [0.2, 0.25) is 0 Å². The molecule has 41 heavy (non-hydrogen) atoms. The van der Waals surface area contributed by atoms with Gasteiger partial charge in [-0.1, -0.05) is 64.7 Å². The van der Waals surface area contributed by atoms with E-state index in [9.17, 15) is 29.8 Å². The van der Waals surface area contributed by atoms with Crippen LogP contribution in [-0.2, 0) is 9.53 Å². The molecule has 1 atom stereocenters. The summed E-state index contributed by atoms with van der Waals surface area (Å²) in [6, 6.07) is 11.0. The van der Waals surface area contributed by atoms with E-state index in [1.165, 1.54) is 48.5 Å². The number of nitrogens with zero attached hydrogens (tertiary/aromatic N) is 2. The van der Waals surface area contributed by atoms with Gasteiger partial charge in [-0.3, -0.25) is 25.0 Å². The molecule has 2 rings (SSSR count). The Hall–Kier alpha value is -3.82. The van der Waals surface area contributed by atoms with Crippen molar-refractivity contribution in [2.24, 2.45) is 0 Å². The minimum absolute atomic E-state index is 0.0462. The maximum atomic E-state index is 12.6. The summed E-state index contributed by atoms with van der Waals surface area (Å²) < 4.78 is 11.0. The van der Waals surface area contributed by atoms with Crippen LogP contribution in [0.1, 0.15) is 114 Å². The smallest absolute Gasteiger partial charge is 0.338 e. The molecule has 0 N–H and O–H groups in total. The molecule has 0 heterocycles. The first-order valence-corrected chi connectivity index (χ1v) is 14.7. The molecule has 0 saturated carbocycles. The topological polar surface area (TPSA) is 139 Å². The SMILES string of the molecule is CCCCCCC(CCCCCCCCCCC(=O)Oc1ccc([N+](=O)[O-])cc1)OC(=O)c1ccc([N+](=O)[O-])cc1. The van der Waals surface area contributed by atoms with Gasteiger partial charge in [0, 0.05) is 30.7 Å². The van der Waals surface area contributed by atoms with Gasteiger partial charge in [0.25, 0.3) is 11.4 Å². The van der Waals surface area contributed by atoms with Gasteiger partial charge in [0.1, 0.15) is 11.9 Å². The van der Waals surface area contributed by atoms with E-state index in [1.54, 1.807) is 0 Å². The second-order valence-corrected chi connectivity index (χ2v) is 10.3. The molecule has 10 nitrogen and oxygen atoms in total. The second kappa shape index (κ2) is 19.3. The second-order valence-electron chi connectivity index (χ2n) is 10.3. The van der Waals surface area contributed by atoms with Crippen LogP contribution in [0.3, 0.4) is 0 Å². The van der Waals surface area contributed by atoms with E-state index in [-0.39, 0.29) is 23.4 Å². The van der Waals surface area contributed by atoms with Crippen molar-refractivity contribution in [1.82, 2.24) is 0 Å². The molecule has 0 radical (unpaired) electrons. The van der Waals surface area contributed by atoms with Gasteiger partial charge >= 0.3 is 11.9 Å². The van der Waals surface area contributed by atoms with Crippen LogP contribution in [0.5, 0.6) is 5.75 Å². The van der Waals surface area contributed by atoms with Crippen molar-refractivity contribution in [1.29, 1.82) is 0 Å². The van der Waals surface area contributed by atoms with Crippen LogP contribution in [0.15, 0.2) is 48.5 Å². The number of hydrogen-bond acceptors (Lipinski definition) is 8. The fourth-order valence-electron chi connectivity index (χ4n) is 4.52. The van der Waals surface area contributed by atoms with Crippen molar-refractivity contribution in [2.45, 2.75) is 109 Å². The Morgan fingerprint density at radius 1 is 0.683 bits per heavy atom. The minimum atomic E-state index is -0.499. The molecule has 0 amide bonds. The molecular weight excluding hydrogens is 528 g/mol. The summed E-state index contributed by atoms with van der Waals surface area (Å²) in [6.45, 7) is 2.16. The third-order valence-electron chi connectivity index (χ3n) is 6.90. The van der Waals surface area contributed by atoms with E-state index in [4.69, 9.17) is 9.47 Å². The standard InChI is InChI=1S/C31H42N2O8/c1-2-3-4-11-14-28(41-31(35)25-17-19-26(20-18-25)32(36)37)15-12-9-7-5-6-8-10-13-16-30(34)40-29-23-21-27(22-24-29)33(38)39/h17-24,28H,2-16H2,1H3. The molecular formula is C31H42N2O8. The van der Waals surface area contributed by atoms with Crippen LogP contribution in [0, 0.1) is 20.2 Å². The molecule has 0 fully saturated rings. The van der Waals surface area contributed by atoms with Gasteiger partial charge in [-0.15, -0.1) is 0 Å². The van der Waals surface area contributed by atoms with E-state index in [0.29, 0.717) is 17.7 Å². The number of nitro benzene ring substituents is 2. The van der Waals surface area contributed by atoms with Crippen molar-refractivity contribution < 1.29 is 28.9 Å². The minimum Gasteiger partial charge on any atom is -0.459 e. The summed E-state index contributed by atoms with van der Waals surface area (Å²) in [5, 5.41) is 21.5. The Morgan fingerprint density at radius 2 is 1.15 bits per heavy atom. The van der Waals surface area contributed by atoms with E-state index >= 15 is 0 Å². The third-order valence-corrected chi connectivity index (χ3v) is 6.90. The summed E-state index contributed by atoms with van der Waals surface area (Å²) in [6.07, 6.45) is 14.3. The number of carbonyl (C=O) groups is 2. The first-order chi connectivity index (χ1) is 19.8. The van der Waals surface area contributed by atoms with Gasteiger partial charge < -0.3 is 9.47 Å². The maximum Gasteiger partial charge on any atom is 0.338 e. The predicted molar refractivity (Wildman–Crippen MR) is 156 cm³/mol. The average Bonchev–Trinajstić information content (AvgIpc) is 2.96. The molecule has 0 aromatic heterocycles. The Morgan fingerprint density at radius 3 is 1.66 bits per heavy atom. The number of carbonyl (C=O) groups excluding carboxylic acids is 2. The summed E-state index contributed by atoms with van der Waals surface area (Å²) in [4.78, 5) is 45.1. The Labute approximate surface area is 241 Å². The lowest BCUT2D eigenvalue weighted by atomic mass is 10.0. The van der Waals surface area contributed by atoms with Gasteiger partial charge in [-0.25, -0.2) is 4.79 Å². The van der Waals surface area contributed by atoms with Gasteiger partial charge in [-0.2, -0.15) is 0 Å². The number of unbranched alkanes of at least 4 members (excludes halogenated alkanes) is 10. The fraction of sp³-hybridized carbons (Fsp3) is 0.548. The molecule has 2 aromatic carbocycles. The number of hydrogen-bond donors (Lipinski definition) is 0. The molecule has 1 unspecified atom stereocenters. The van der Waals surface area contributed by atoms with E-state index in [0.717, 1.165) is 89.9 Å². The van der Waals surface area contributed by atoms with Crippen molar-refractivity contribution in [2.75, 3.05) is 0 Å². The molecule has 2 aromatic rings. The Balaban J connectivity index is 1.59. The van der Waals surface area contributed by atoms with E-state index in [2.05, 4.69) is 6.92 Å². The monoisotopic (exact) mass is 570 g/mol. The van der Waals surface area contributed by atoms with Crippen LogP contribution >= 0.6 is 0 Å².